The Morgan fingerprint density at radius 2 is 1.92 bits per heavy atom. The van der Waals surface area contributed by atoms with Crippen LogP contribution in [0.4, 0.5) is 5.69 Å². The van der Waals surface area contributed by atoms with Crippen molar-refractivity contribution in [2.24, 2.45) is 0 Å². The molecule has 0 spiro atoms. The summed E-state index contributed by atoms with van der Waals surface area (Å²) in [5, 5.41) is 11.1. The van der Waals surface area contributed by atoms with E-state index in [2.05, 4.69) is 16.2 Å². The third-order valence-electron chi connectivity index (χ3n) is 3.92. The number of pyridine rings is 1. The van der Waals surface area contributed by atoms with Gasteiger partial charge < -0.3 is 9.41 Å². The Bertz CT molecular complexity index is 693. The highest BCUT2D eigenvalue weighted by atomic mass is 32.2. The van der Waals surface area contributed by atoms with Crippen LogP contribution in [0, 0.1) is 0 Å². The van der Waals surface area contributed by atoms with Gasteiger partial charge in [0.15, 0.2) is 10.7 Å². The summed E-state index contributed by atoms with van der Waals surface area (Å²) in [6.45, 7) is 7.00. The van der Waals surface area contributed by atoms with E-state index >= 15 is 0 Å². The minimum absolute atomic E-state index is 0.0221. The van der Waals surface area contributed by atoms with Crippen molar-refractivity contribution >= 4 is 23.4 Å². The fraction of sp³-hybridized carbons (Fsp3) is 0.400. The highest BCUT2D eigenvalue weighted by molar-refractivity contribution is 8.01. The van der Waals surface area contributed by atoms with Gasteiger partial charge in [-0.05, 0) is 36.6 Å². The summed E-state index contributed by atoms with van der Waals surface area (Å²) in [6, 6.07) is 13.0. The van der Waals surface area contributed by atoms with Gasteiger partial charge in [-0.25, -0.2) is 0 Å². The predicted molar refractivity (Wildman–Crippen MR) is 105 cm³/mol. The predicted octanol–water partition coefficient (Wildman–Crippen LogP) is 4.79. The zero-order valence-electron chi connectivity index (χ0n) is 15.1. The molecule has 3 rings (SSSR count). The second-order valence-electron chi connectivity index (χ2n) is 5.66. The van der Waals surface area contributed by atoms with Gasteiger partial charge in [0.1, 0.15) is 5.69 Å². The van der Waals surface area contributed by atoms with Crippen LogP contribution in [0.25, 0.3) is 0 Å². The number of nitrogens with zero attached hydrogens (tertiary/aromatic N) is 2. The lowest BCUT2D eigenvalue weighted by Gasteiger charge is -2.23. The maximum absolute atomic E-state index is 12.5. The van der Waals surface area contributed by atoms with Crippen LogP contribution in [-0.4, -0.2) is 22.4 Å². The van der Waals surface area contributed by atoms with Crippen molar-refractivity contribution in [3.05, 3.63) is 59.9 Å². The number of aromatic nitrogens is 1. The molecule has 0 saturated carbocycles. The molecule has 1 N–H and O–H groups in total. The first-order valence-corrected chi connectivity index (χ1v) is 9.64. The lowest BCUT2D eigenvalue weighted by atomic mass is 10.00. The van der Waals surface area contributed by atoms with E-state index < -0.39 is 4.93 Å². The summed E-state index contributed by atoms with van der Waals surface area (Å²) < 4.78 is 2.10. The second-order valence-corrected chi connectivity index (χ2v) is 6.96. The second kappa shape index (κ2) is 9.02. The van der Waals surface area contributed by atoms with Crippen LogP contribution in [0.15, 0.2) is 48.7 Å². The molecule has 5 heteroatoms. The number of Topliss-reactive ketones (excluding diaryl/α,β-unsaturated/α-hetero) is 1. The number of ketones is 1. The van der Waals surface area contributed by atoms with Crippen LogP contribution in [0.3, 0.4) is 0 Å². The molecule has 25 heavy (non-hydrogen) atoms. The summed E-state index contributed by atoms with van der Waals surface area (Å²) in [5.74, 6) is -0.146. The van der Waals surface area contributed by atoms with Crippen LogP contribution in [0.1, 0.15) is 56.1 Å². The fourth-order valence-corrected chi connectivity index (χ4v) is 4.04. The molecule has 2 aromatic rings. The molecular weight excluding hydrogens is 332 g/mol. The zero-order chi connectivity index (χ0) is 18.3. The molecule has 1 unspecified atom stereocenters. The number of para-hydroxylation sites is 1. The van der Waals surface area contributed by atoms with Gasteiger partial charge in [0.2, 0.25) is 0 Å². The van der Waals surface area contributed by atoms with E-state index in [9.17, 15) is 9.90 Å². The van der Waals surface area contributed by atoms with Crippen molar-refractivity contribution in [2.45, 2.75) is 45.0 Å². The van der Waals surface area contributed by atoms with Crippen LogP contribution < -0.4 is 4.31 Å². The van der Waals surface area contributed by atoms with Crippen molar-refractivity contribution in [3.8, 4) is 0 Å². The number of carbonyl (C=O) groups is 1. The number of unbranched alkanes of at least 4 members (excludes halogenated alkanes) is 1. The maximum Gasteiger partial charge on any atom is 0.185 e. The Kier molecular flexibility index (Phi) is 7.02. The van der Waals surface area contributed by atoms with E-state index in [1.54, 1.807) is 24.4 Å². The van der Waals surface area contributed by atoms with E-state index in [-0.39, 0.29) is 12.2 Å². The van der Waals surface area contributed by atoms with E-state index in [1.807, 2.05) is 38.1 Å². The topological polar surface area (TPSA) is 53.4 Å². The van der Waals surface area contributed by atoms with Crippen LogP contribution in [-0.2, 0) is 4.93 Å². The van der Waals surface area contributed by atoms with Crippen molar-refractivity contribution in [1.29, 1.82) is 0 Å². The molecule has 1 atom stereocenters. The van der Waals surface area contributed by atoms with Crippen molar-refractivity contribution in [1.82, 2.24) is 4.98 Å². The molecular formula is C20H26N2O2S. The summed E-state index contributed by atoms with van der Waals surface area (Å²) in [5.41, 5.74) is 2.21. The van der Waals surface area contributed by atoms with Crippen molar-refractivity contribution < 1.29 is 9.90 Å². The smallest absolute Gasteiger partial charge is 0.185 e. The normalized spacial score (nSPS) is 18.3. The van der Waals surface area contributed by atoms with Crippen molar-refractivity contribution in [2.75, 3.05) is 10.8 Å². The average Bonchev–Trinajstić information content (AvgIpc) is 2.94. The van der Waals surface area contributed by atoms with Gasteiger partial charge in [0.05, 0.1) is 12.1 Å². The first kappa shape index (κ1) is 19.5. The van der Waals surface area contributed by atoms with Gasteiger partial charge in [0.25, 0.3) is 0 Å². The molecule has 134 valence electrons. The first-order valence-electron chi connectivity index (χ1n) is 8.87. The number of hydrogen-bond acceptors (Lipinski definition) is 5. The molecule has 0 fully saturated rings. The average molecular weight is 359 g/mol. The van der Waals surface area contributed by atoms with E-state index in [4.69, 9.17) is 0 Å². The third kappa shape index (κ3) is 4.41. The molecule has 0 saturated heterocycles. The molecule has 1 aromatic carbocycles. The summed E-state index contributed by atoms with van der Waals surface area (Å²) in [4.78, 5) is 15.4. The molecule has 1 aromatic heterocycles. The standard InChI is InChI=1S/C18H20N2O2S.C2H6/c1-2-3-12-20-16-10-5-4-8-14(16)18(22,23-20)13-17(21)15-9-6-7-11-19-15;1-2/h4-11,22H,2-3,12-13H2,1H3;1-2H3. The van der Waals surface area contributed by atoms with Gasteiger partial charge in [-0.1, -0.05) is 51.5 Å². The quantitative estimate of drug-likeness (QED) is 0.594. The molecule has 4 nitrogen and oxygen atoms in total. The highest BCUT2D eigenvalue weighted by Gasteiger charge is 2.43. The molecule has 1 aliphatic rings. The minimum atomic E-state index is -1.22. The number of fused-ring (bicyclic) bond motifs is 1. The first-order chi connectivity index (χ1) is 12.1. The zero-order valence-corrected chi connectivity index (χ0v) is 15.9. The number of benzene rings is 1. The SMILES string of the molecule is CC.CCCCN1SC(O)(CC(=O)c2ccccn2)c2ccccc21. The minimum Gasteiger partial charge on any atom is -0.373 e. The molecule has 2 heterocycles. The Morgan fingerprint density at radius 1 is 1.20 bits per heavy atom. The Hall–Kier alpha value is -1.85. The molecule has 0 amide bonds. The Balaban J connectivity index is 0.00000109. The van der Waals surface area contributed by atoms with Crippen LogP contribution in [0.2, 0.25) is 0 Å². The molecule has 0 radical (unpaired) electrons. The Morgan fingerprint density at radius 3 is 2.60 bits per heavy atom. The van der Waals surface area contributed by atoms with Gasteiger partial charge in [-0.2, -0.15) is 0 Å². The van der Waals surface area contributed by atoms with Gasteiger partial charge in [-0.3, -0.25) is 9.78 Å². The lowest BCUT2D eigenvalue weighted by molar-refractivity contribution is 0.0811. The number of hydrogen-bond donors (Lipinski definition) is 1. The van der Waals surface area contributed by atoms with E-state index in [0.717, 1.165) is 30.6 Å². The highest BCUT2D eigenvalue weighted by Crippen LogP contribution is 2.52. The number of anilines is 1. The number of aliphatic hydroxyl groups is 1. The van der Waals surface area contributed by atoms with Crippen molar-refractivity contribution in [3.63, 3.8) is 0 Å². The van der Waals surface area contributed by atoms with Crippen LogP contribution in [0.5, 0.6) is 0 Å². The van der Waals surface area contributed by atoms with Gasteiger partial charge >= 0.3 is 0 Å². The maximum atomic E-state index is 12.5. The van der Waals surface area contributed by atoms with E-state index in [0.29, 0.717) is 5.69 Å². The fourth-order valence-electron chi connectivity index (χ4n) is 2.73. The third-order valence-corrected chi connectivity index (χ3v) is 5.19. The molecule has 0 aliphatic carbocycles. The molecule has 1 aliphatic heterocycles. The number of rotatable bonds is 6. The van der Waals surface area contributed by atoms with Gasteiger partial charge in [0, 0.05) is 18.3 Å². The van der Waals surface area contributed by atoms with Gasteiger partial charge in [-0.15, -0.1) is 0 Å². The molecule has 0 bridgehead atoms. The Labute approximate surface area is 154 Å². The monoisotopic (exact) mass is 358 g/mol. The lowest BCUT2D eigenvalue weighted by Crippen LogP contribution is -2.25. The summed E-state index contributed by atoms with van der Waals surface area (Å²) in [7, 11) is 0. The summed E-state index contributed by atoms with van der Waals surface area (Å²) >= 11 is 1.34. The number of carbonyl (C=O) groups excluding carboxylic acids is 1. The van der Waals surface area contributed by atoms with E-state index in [1.165, 1.54) is 11.9 Å². The largest absolute Gasteiger partial charge is 0.373 e. The summed E-state index contributed by atoms with van der Waals surface area (Å²) in [6.07, 6.45) is 3.75. The van der Waals surface area contributed by atoms with Crippen LogP contribution >= 0.6 is 11.9 Å².